The highest BCUT2D eigenvalue weighted by molar-refractivity contribution is 7.99. The SMILES string of the molecule is O=P(O)(O)OC[C@H]1O[C@@H](n2ncc3c(SCC=Cc4ccccc4)ncnc32)[C@H](O)[C@@H]1O. The van der Waals surface area contributed by atoms with Crippen LogP contribution in [-0.2, 0) is 13.8 Å². The van der Waals surface area contributed by atoms with Gasteiger partial charge in [0, 0.05) is 5.75 Å². The summed E-state index contributed by atoms with van der Waals surface area (Å²) in [6.07, 6.45) is 1.85. The first-order valence-electron chi connectivity index (χ1n) is 9.58. The second-order valence-electron chi connectivity index (χ2n) is 6.96. The lowest BCUT2D eigenvalue weighted by atomic mass is 10.1. The van der Waals surface area contributed by atoms with Crippen molar-refractivity contribution >= 4 is 36.7 Å². The standard InChI is InChI=1S/C19H21N4O7PS/c24-15-14(10-29-31(26,27)28)30-19(16(15)25)23-17-13(9-22-23)18(21-11-20-17)32-8-4-7-12-5-2-1-3-6-12/h1-7,9,11,14-16,19,24-25H,8,10H2,(H2,26,27,28)/t14-,15-,16-,19-/m1/s1. The van der Waals surface area contributed by atoms with E-state index in [1.807, 2.05) is 42.5 Å². The molecule has 4 N–H and O–H groups in total. The van der Waals surface area contributed by atoms with Gasteiger partial charge >= 0.3 is 7.82 Å². The summed E-state index contributed by atoms with van der Waals surface area (Å²) in [5, 5.41) is 26.2. The van der Waals surface area contributed by atoms with Crippen LogP contribution in [0.2, 0.25) is 0 Å². The maximum absolute atomic E-state index is 10.9. The number of phosphoric acid groups is 1. The van der Waals surface area contributed by atoms with Crippen LogP contribution in [0.3, 0.4) is 0 Å². The summed E-state index contributed by atoms with van der Waals surface area (Å²) in [7, 11) is -4.75. The van der Waals surface area contributed by atoms with E-state index in [9.17, 15) is 14.8 Å². The number of aliphatic hydroxyl groups is 2. The van der Waals surface area contributed by atoms with Crippen molar-refractivity contribution in [3.63, 3.8) is 0 Å². The fraction of sp³-hybridized carbons (Fsp3) is 0.316. The zero-order valence-corrected chi connectivity index (χ0v) is 18.3. The number of hydrogen-bond donors (Lipinski definition) is 4. The molecule has 4 rings (SSSR count). The lowest BCUT2D eigenvalue weighted by Crippen LogP contribution is -2.33. The Morgan fingerprint density at radius 3 is 2.72 bits per heavy atom. The molecule has 170 valence electrons. The van der Waals surface area contributed by atoms with E-state index >= 15 is 0 Å². The topological polar surface area (TPSA) is 160 Å². The highest BCUT2D eigenvalue weighted by Gasteiger charge is 2.45. The molecular weight excluding hydrogens is 459 g/mol. The maximum Gasteiger partial charge on any atom is 0.469 e. The molecule has 3 heterocycles. The summed E-state index contributed by atoms with van der Waals surface area (Å²) in [4.78, 5) is 26.2. The summed E-state index contributed by atoms with van der Waals surface area (Å²) in [5.74, 6) is 0.662. The first-order chi connectivity index (χ1) is 15.3. The van der Waals surface area contributed by atoms with Gasteiger partial charge in [-0.15, -0.1) is 11.8 Å². The van der Waals surface area contributed by atoms with Gasteiger partial charge in [0.05, 0.1) is 18.2 Å². The molecule has 1 aliphatic heterocycles. The van der Waals surface area contributed by atoms with Crippen LogP contribution in [0.15, 0.2) is 54.0 Å². The van der Waals surface area contributed by atoms with Crippen molar-refractivity contribution in [2.24, 2.45) is 0 Å². The molecule has 0 amide bonds. The number of ether oxygens (including phenoxy) is 1. The zero-order chi connectivity index (χ0) is 22.7. The number of phosphoric ester groups is 1. The maximum atomic E-state index is 10.9. The molecule has 0 bridgehead atoms. The van der Waals surface area contributed by atoms with Gasteiger partial charge in [-0.1, -0.05) is 42.5 Å². The number of thioether (sulfide) groups is 1. The van der Waals surface area contributed by atoms with Gasteiger partial charge in [0.2, 0.25) is 0 Å². The van der Waals surface area contributed by atoms with E-state index in [2.05, 4.69) is 19.6 Å². The molecule has 1 fully saturated rings. The van der Waals surface area contributed by atoms with Crippen LogP contribution in [0, 0.1) is 0 Å². The average Bonchev–Trinajstić information content (AvgIpc) is 3.32. The summed E-state index contributed by atoms with van der Waals surface area (Å²) in [5.41, 5.74) is 1.49. The summed E-state index contributed by atoms with van der Waals surface area (Å²) >= 11 is 1.49. The van der Waals surface area contributed by atoms with Crippen LogP contribution in [0.4, 0.5) is 0 Å². The largest absolute Gasteiger partial charge is 0.469 e. The van der Waals surface area contributed by atoms with Crippen molar-refractivity contribution < 1.29 is 33.8 Å². The molecule has 1 aromatic carbocycles. The highest BCUT2D eigenvalue weighted by atomic mass is 32.2. The number of hydrogen-bond acceptors (Lipinski definition) is 9. The summed E-state index contributed by atoms with van der Waals surface area (Å²) in [6.45, 7) is -0.595. The van der Waals surface area contributed by atoms with Crippen molar-refractivity contribution in [1.82, 2.24) is 19.7 Å². The van der Waals surface area contributed by atoms with E-state index in [4.69, 9.17) is 14.5 Å². The van der Waals surface area contributed by atoms with Gasteiger partial charge in [0.25, 0.3) is 0 Å². The molecule has 32 heavy (non-hydrogen) atoms. The fourth-order valence-corrected chi connectivity index (χ4v) is 4.37. The third kappa shape index (κ3) is 5.25. The van der Waals surface area contributed by atoms with Gasteiger partial charge in [-0.05, 0) is 5.56 Å². The number of aromatic nitrogens is 4. The van der Waals surface area contributed by atoms with Crippen molar-refractivity contribution in [2.45, 2.75) is 29.6 Å². The molecule has 1 saturated heterocycles. The van der Waals surface area contributed by atoms with Gasteiger partial charge in [-0.3, -0.25) is 4.52 Å². The minimum Gasteiger partial charge on any atom is -0.387 e. The Kier molecular flexibility index (Phi) is 7.03. The van der Waals surface area contributed by atoms with E-state index in [1.54, 1.807) is 6.20 Å². The molecule has 0 radical (unpaired) electrons. The molecular formula is C19H21N4O7PS. The van der Waals surface area contributed by atoms with Crippen molar-refractivity contribution in [2.75, 3.05) is 12.4 Å². The second kappa shape index (κ2) is 9.77. The van der Waals surface area contributed by atoms with Crippen molar-refractivity contribution in [3.8, 4) is 0 Å². The lowest BCUT2D eigenvalue weighted by Gasteiger charge is -2.15. The summed E-state index contributed by atoms with van der Waals surface area (Å²) in [6, 6.07) is 9.91. The fourth-order valence-electron chi connectivity index (χ4n) is 3.26. The third-order valence-corrected chi connectivity index (χ3v) is 6.21. The smallest absolute Gasteiger partial charge is 0.387 e. The van der Waals surface area contributed by atoms with Crippen LogP contribution >= 0.6 is 19.6 Å². The Balaban J connectivity index is 1.48. The number of aliphatic hydroxyl groups excluding tert-OH is 2. The minimum absolute atomic E-state index is 0.391. The van der Waals surface area contributed by atoms with Gasteiger partial charge in [-0.25, -0.2) is 19.2 Å². The zero-order valence-electron chi connectivity index (χ0n) is 16.6. The predicted molar refractivity (Wildman–Crippen MR) is 115 cm³/mol. The average molecular weight is 480 g/mol. The minimum atomic E-state index is -4.75. The molecule has 3 aromatic rings. The number of fused-ring (bicyclic) bond motifs is 1. The molecule has 0 saturated carbocycles. The van der Waals surface area contributed by atoms with E-state index in [0.717, 1.165) is 5.56 Å². The third-order valence-electron chi connectivity index (χ3n) is 4.77. The van der Waals surface area contributed by atoms with Crippen molar-refractivity contribution in [1.29, 1.82) is 0 Å². The van der Waals surface area contributed by atoms with Crippen LogP contribution in [0.25, 0.3) is 17.1 Å². The van der Waals surface area contributed by atoms with Crippen LogP contribution in [-0.4, -0.2) is 70.4 Å². The first-order valence-corrected chi connectivity index (χ1v) is 12.1. The van der Waals surface area contributed by atoms with Crippen molar-refractivity contribution in [3.05, 3.63) is 54.5 Å². The van der Waals surface area contributed by atoms with Crippen LogP contribution in [0.1, 0.15) is 11.8 Å². The van der Waals surface area contributed by atoms with E-state index in [1.165, 1.54) is 22.8 Å². The molecule has 13 heteroatoms. The molecule has 0 spiro atoms. The second-order valence-corrected chi connectivity index (χ2v) is 9.21. The Hall–Kier alpha value is -2.15. The van der Waals surface area contributed by atoms with Crippen LogP contribution in [0.5, 0.6) is 0 Å². The quantitative estimate of drug-likeness (QED) is 0.209. The van der Waals surface area contributed by atoms with Crippen LogP contribution < -0.4 is 0 Å². The van der Waals surface area contributed by atoms with Gasteiger partial charge in [-0.2, -0.15) is 5.10 Å². The predicted octanol–water partition coefficient (Wildman–Crippen LogP) is 1.36. The molecule has 11 nitrogen and oxygen atoms in total. The van der Waals surface area contributed by atoms with E-state index in [0.29, 0.717) is 21.8 Å². The molecule has 0 aliphatic carbocycles. The van der Waals surface area contributed by atoms with Gasteiger partial charge < -0.3 is 24.7 Å². The normalized spacial score (nSPS) is 24.0. The van der Waals surface area contributed by atoms with Gasteiger partial charge in [0.1, 0.15) is 29.7 Å². The molecule has 0 unspecified atom stereocenters. The van der Waals surface area contributed by atoms with Gasteiger partial charge in [0.15, 0.2) is 11.9 Å². The monoisotopic (exact) mass is 480 g/mol. The highest BCUT2D eigenvalue weighted by Crippen LogP contribution is 2.39. The number of nitrogens with zero attached hydrogens (tertiary/aromatic N) is 4. The molecule has 4 atom stereocenters. The lowest BCUT2D eigenvalue weighted by molar-refractivity contribution is -0.0559. The van der Waals surface area contributed by atoms with E-state index in [-0.39, 0.29) is 0 Å². The Labute approximate surface area is 187 Å². The number of benzene rings is 1. The Bertz CT molecular complexity index is 1140. The molecule has 2 aromatic heterocycles. The first kappa shape index (κ1) is 23.0. The summed E-state index contributed by atoms with van der Waals surface area (Å²) < 4.78 is 22.2. The Morgan fingerprint density at radius 2 is 1.97 bits per heavy atom. The molecule has 1 aliphatic rings. The number of rotatable bonds is 8. The van der Waals surface area contributed by atoms with E-state index < -0.39 is 39.0 Å². The Morgan fingerprint density at radius 1 is 1.19 bits per heavy atom.